The third-order valence-corrected chi connectivity index (χ3v) is 4.38. The summed E-state index contributed by atoms with van der Waals surface area (Å²) in [7, 11) is 1.57. The van der Waals surface area contributed by atoms with Crippen LogP contribution in [-0.2, 0) is 13.0 Å². The molecule has 6 heteroatoms. The molecule has 0 aliphatic rings. The summed E-state index contributed by atoms with van der Waals surface area (Å²) in [5, 5.41) is 8.01. The van der Waals surface area contributed by atoms with Crippen molar-refractivity contribution in [2.24, 2.45) is 0 Å². The second-order valence-corrected chi connectivity index (χ2v) is 6.19. The SMILES string of the molecule is COc1cc(C(=O)Nc2cnn(CCc3ccccc3)c2)cc2occc12. The maximum Gasteiger partial charge on any atom is 0.256 e. The second kappa shape index (κ2) is 7.37. The highest BCUT2D eigenvalue weighted by Gasteiger charge is 2.13. The van der Waals surface area contributed by atoms with E-state index in [1.807, 2.05) is 35.1 Å². The molecule has 0 saturated heterocycles. The Morgan fingerprint density at radius 2 is 2.07 bits per heavy atom. The fraction of sp³-hybridized carbons (Fsp3) is 0.143. The standard InChI is InChI=1S/C21H19N3O3/c1-26-19-11-16(12-20-18(19)8-10-27-20)21(25)23-17-13-22-24(14-17)9-7-15-5-3-2-4-6-15/h2-6,8,10-14H,7,9H2,1H3,(H,23,25). The molecule has 2 heterocycles. The lowest BCUT2D eigenvalue weighted by Crippen LogP contribution is -2.11. The number of methoxy groups -OCH3 is 1. The van der Waals surface area contributed by atoms with Crippen molar-refractivity contribution in [1.29, 1.82) is 0 Å². The number of nitrogens with zero attached hydrogens (tertiary/aromatic N) is 2. The molecule has 2 aromatic heterocycles. The maximum absolute atomic E-state index is 12.6. The van der Waals surface area contributed by atoms with E-state index in [1.165, 1.54) is 5.56 Å². The molecule has 0 aliphatic heterocycles. The first-order valence-corrected chi connectivity index (χ1v) is 8.66. The summed E-state index contributed by atoms with van der Waals surface area (Å²) in [6.07, 6.45) is 5.92. The molecule has 0 aliphatic carbocycles. The van der Waals surface area contributed by atoms with Gasteiger partial charge in [-0.2, -0.15) is 5.10 Å². The van der Waals surface area contributed by atoms with Crippen LogP contribution >= 0.6 is 0 Å². The van der Waals surface area contributed by atoms with Gasteiger partial charge in [0.2, 0.25) is 0 Å². The number of carbonyl (C=O) groups excluding carboxylic acids is 1. The molecule has 4 aromatic rings. The predicted molar refractivity (Wildman–Crippen MR) is 103 cm³/mol. The van der Waals surface area contributed by atoms with Gasteiger partial charge in [-0.3, -0.25) is 9.48 Å². The Morgan fingerprint density at radius 3 is 2.89 bits per heavy atom. The van der Waals surface area contributed by atoms with Crippen LogP contribution in [0.3, 0.4) is 0 Å². The fourth-order valence-corrected chi connectivity index (χ4v) is 2.98. The Bertz CT molecular complexity index is 1070. The van der Waals surface area contributed by atoms with E-state index in [4.69, 9.17) is 9.15 Å². The van der Waals surface area contributed by atoms with Crippen molar-refractivity contribution in [1.82, 2.24) is 9.78 Å². The van der Waals surface area contributed by atoms with E-state index in [9.17, 15) is 4.79 Å². The molecule has 0 saturated carbocycles. The van der Waals surface area contributed by atoms with Gasteiger partial charge in [-0.15, -0.1) is 0 Å². The largest absolute Gasteiger partial charge is 0.496 e. The molecule has 27 heavy (non-hydrogen) atoms. The molecule has 0 radical (unpaired) electrons. The van der Waals surface area contributed by atoms with Crippen LogP contribution in [0.5, 0.6) is 5.75 Å². The number of ether oxygens (including phenoxy) is 1. The molecule has 6 nitrogen and oxygen atoms in total. The summed E-state index contributed by atoms with van der Waals surface area (Å²) < 4.78 is 12.6. The van der Waals surface area contributed by atoms with Gasteiger partial charge in [0.1, 0.15) is 11.3 Å². The van der Waals surface area contributed by atoms with E-state index >= 15 is 0 Å². The van der Waals surface area contributed by atoms with Gasteiger partial charge in [-0.05, 0) is 30.2 Å². The summed E-state index contributed by atoms with van der Waals surface area (Å²) in [5.74, 6) is 0.360. The summed E-state index contributed by atoms with van der Waals surface area (Å²) in [5.41, 5.74) is 2.97. The Balaban J connectivity index is 1.45. The molecule has 0 fully saturated rings. The quantitative estimate of drug-likeness (QED) is 0.560. The van der Waals surface area contributed by atoms with Crippen molar-refractivity contribution < 1.29 is 13.9 Å². The number of aryl methyl sites for hydroxylation is 2. The van der Waals surface area contributed by atoms with Gasteiger partial charge in [-0.1, -0.05) is 30.3 Å². The van der Waals surface area contributed by atoms with E-state index in [1.54, 1.807) is 31.7 Å². The van der Waals surface area contributed by atoms with E-state index in [0.29, 0.717) is 22.6 Å². The average molecular weight is 361 g/mol. The zero-order valence-electron chi connectivity index (χ0n) is 14.9. The Morgan fingerprint density at radius 1 is 1.22 bits per heavy atom. The number of hydrogen-bond donors (Lipinski definition) is 1. The third kappa shape index (κ3) is 3.69. The Hall–Kier alpha value is -3.54. The number of hydrogen-bond acceptors (Lipinski definition) is 4. The highest BCUT2D eigenvalue weighted by Crippen LogP contribution is 2.28. The number of anilines is 1. The number of benzene rings is 2. The molecule has 1 N–H and O–H groups in total. The van der Waals surface area contributed by atoms with Gasteiger partial charge in [-0.25, -0.2) is 0 Å². The zero-order chi connectivity index (χ0) is 18.6. The zero-order valence-corrected chi connectivity index (χ0v) is 14.9. The number of furan rings is 1. The molecule has 0 bridgehead atoms. The summed E-state index contributed by atoms with van der Waals surface area (Å²) in [6.45, 7) is 0.742. The molecule has 0 atom stereocenters. The predicted octanol–water partition coefficient (Wildman–Crippen LogP) is 4.13. The average Bonchev–Trinajstić information content (AvgIpc) is 3.35. The highest BCUT2D eigenvalue weighted by atomic mass is 16.5. The lowest BCUT2D eigenvalue weighted by molar-refractivity contribution is 0.102. The van der Waals surface area contributed by atoms with Crippen LogP contribution in [0.2, 0.25) is 0 Å². The highest BCUT2D eigenvalue weighted by molar-refractivity contribution is 6.06. The molecule has 2 aromatic carbocycles. The minimum absolute atomic E-state index is 0.241. The monoisotopic (exact) mass is 361 g/mol. The smallest absolute Gasteiger partial charge is 0.256 e. The number of carbonyl (C=O) groups is 1. The van der Waals surface area contributed by atoms with E-state index in [2.05, 4.69) is 22.5 Å². The van der Waals surface area contributed by atoms with Crippen LogP contribution in [0.25, 0.3) is 11.0 Å². The number of rotatable bonds is 6. The first-order chi connectivity index (χ1) is 13.2. The third-order valence-electron chi connectivity index (χ3n) is 4.38. The molecule has 0 spiro atoms. The van der Waals surface area contributed by atoms with Crippen LogP contribution in [0, 0.1) is 0 Å². The molecule has 4 rings (SSSR count). The lowest BCUT2D eigenvalue weighted by Gasteiger charge is -2.06. The molecular formula is C21H19N3O3. The van der Waals surface area contributed by atoms with Crippen molar-refractivity contribution >= 4 is 22.6 Å². The van der Waals surface area contributed by atoms with Crippen LogP contribution in [0.1, 0.15) is 15.9 Å². The number of nitrogens with one attached hydrogen (secondary N) is 1. The first-order valence-electron chi connectivity index (χ1n) is 8.66. The summed E-state index contributed by atoms with van der Waals surface area (Å²) in [4.78, 5) is 12.6. The van der Waals surface area contributed by atoms with Crippen LogP contribution in [0.15, 0.2) is 71.6 Å². The number of aromatic nitrogens is 2. The lowest BCUT2D eigenvalue weighted by atomic mass is 10.1. The summed E-state index contributed by atoms with van der Waals surface area (Å²) in [6, 6.07) is 15.4. The maximum atomic E-state index is 12.6. The van der Waals surface area contributed by atoms with Gasteiger partial charge < -0.3 is 14.5 Å². The van der Waals surface area contributed by atoms with Crippen molar-refractivity contribution in [2.75, 3.05) is 12.4 Å². The van der Waals surface area contributed by atoms with Gasteiger partial charge in [0.25, 0.3) is 5.91 Å². The second-order valence-electron chi connectivity index (χ2n) is 6.19. The topological polar surface area (TPSA) is 69.3 Å². The number of fused-ring (bicyclic) bond motifs is 1. The minimum atomic E-state index is -0.241. The van der Waals surface area contributed by atoms with Crippen molar-refractivity contribution in [3.05, 3.63) is 78.3 Å². The van der Waals surface area contributed by atoms with Gasteiger partial charge in [0.05, 0.1) is 30.6 Å². The van der Waals surface area contributed by atoms with E-state index in [0.717, 1.165) is 18.4 Å². The van der Waals surface area contributed by atoms with E-state index in [-0.39, 0.29) is 5.91 Å². The Labute approximate surface area is 156 Å². The molecule has 1 amide bonds. The van der Waals surface area contributed by atoms with Gasteiger partial charge >= 0.3 is 0 Å². The molecular weight excluding hydrogens is 342 g/mol. The van der Waals surface area contributed by atoms with Crippen molar-refractivity contribution in [3.8, 4) is 5.75 Å². The van der Waals surface area contributed by atoms with Crippen molar-refractivity contribution in [2.45, 2.75) is 13.0 Å². The van der Waals surface area contributed by atoms with Crippen LogP contribution in [0.4, 0.5) is 5.69 Å². The van der Waals surface area contributed by atoms with Crippen molar-refractivity contribution in [3.63, 3.8) is 0 Å². The fourth-order valence-electron chi connectivity index (χ4n) is 2.98. The summed E-state index contributed by atoms with van der Waals surface area (Å²) >= 11 is 0. The first kappa shape index (κ1) is 16.9. The minimum Gasteiger partial charge on any atom is -0.496 e. The normalized spacial score (nSPS) is 10.9. The number of amides is 1. The van der Waals surface area contributed by atoms with E-state index < -0.39 is 0 Å². The van der Waals surface area contributed by atoms with Gasteiger partial charge in [0, 0.05) is 18.3 Å². The Kier molecular flexibility index (Phi) is 4.61. The van der Waals surface area contributed by atoms with Crippen LogP contribution < -0.4 is 10.1 Å². The van der Waals surface area contributed by atoms with Gasteiger partial charge in [0.15, 0.2) is 0 Å². The van der Waals surface area contributed by atoms with Crippen LogP contribution in [-0.4, -0.2) is 22.8 Å². The molecule has 136 valence electrons. The molecule has 0 unspecified atom stereocenters.